The maximum Gasteiger partial charge on any atom is 0.248 e. The molecular formula is C24H46N2O3. The van der Waals surface area contributed by atoms with E-state index in [4.69, 9.17) is 9.47 Å². The van der Waals surface area contributed by atoms with Crippen LogP contribution in [-0.2, 0) is 14.3 Å². The minimum absolute atomic E-state index is 0.154. The third-order valence-corrected chi connectivity index (χ3v) is 7.36. The average Bonchev–Trinajstić information content (AvgIpc) is 2.77. The highest BCUT2D eigenvalue weighted by atomic mass is 16.5. The molecule has 0 saturated carbocycles. The van der Waals surface area contributed by atoms with Crippen molar-refractivity contribution in [2.45, 2.75) is 78.7 Å². The summed E-state index contributed by atoms with van der Waals surface area (Å²) in [5.41, 5.74) is 0. The largest absolute Gasteiger partial charge is 0.381 e. The maximum atomic E-state index is 12.3. The van der Waals surface area contributed by atoms with E-state index in [-0.39, 0.29) is 12.5 Å². The summed E-state index contributed by atoms with van der Waals surface area (Å²) in [6, 6.07) is 0.711. The molecule has 5 nitrogen and oxygen atoms in total. The van der Waals surface area contributed by atoms with Gasteiger partial charge in [0, 0.05) is 39.0 Å². The molecule has 2 aliphatic rings. The maximum absolute atomic E-state index is 12.3. The molecule has 0 aromatic heterocycles. The molecule has 2 unspecified atom stereocenters. The molecule has 5 heteroatoms. The molecule has 29 heavy (non-hydrogen) atoms. The van der Waals surface area contributed by atoms with Crippen molar-refractivity contribution in [1.29, 1.82) is 0 Å². The number of ether oxygens (including phenoxy) is 2. The van der Waals surface area contributed by atoms with E-state index in [1.807, 2.05) is 4.90 Å². The number of piperidine rings is 2. The molecule has 2 heterocycles. The Labute approximate surface area is 179 Å². The number of nitrogens with zero attached hydrogens (tertiary/aromatic N) is 2. The van der Waals surface area contributed by atoms with Gasteiger partial charge in [-0.05, 0) is 76.3 Å². The fraction of sp³-hybridized carbons (Fsp3) is 0.958. The summed E-state index contributed by atoms with van der Waals surface area (Å²) in [5.74, 6) is 2.41. The molecule has 170 valence electrons. The molecule has 1 amide bonds. The predicted octanol–water partition coefficient (Wildman–Crippen LogP) is 4.20. The highest BCUT2D eigenvalue weighted by molar-refractivity contribution is 5.77. The standard InChI is InChI=1S/C24H46N2O3/c1-5-20(3)23-10-14-26(15-11-23)24(27)19-29-17-7-16-28-18-22-8-12-25(13-9-22)21(4)6-2/h20-23H,5-19H2,1-4H3. The van der Waals surface area contributed by atoms with Crippen LogP contribution in [-0.4, -0.2) is 74.4 Å². The number of hydrogen-bond donors (Lipinski definition) is 0. The average molecular weight is 411 g/mol. The van der Waals surface area contributed by atoms with Crippen LogP contribution in [0.15, 0.2) is 0 Å². The summed E-state index contributed by atoms with van der Waals surface area (Å²) in [7, 11) is 0. The lowest BCUT2D eigenvalue weighted by molar-refractivity contribution is -0.138. The Morgan fingerprint density at radius 1 is 0.931 bits per heavy atom. The van der Waals surface area contributed by atoms with E-state index < -0.39 is 0 Å². The van der Waals surface area contributed by atoms with Gasteiger partial charge in [-0.2, -0.15) is 0 Å². The molecule has 0 aliphatic carbocycles. The molecule has 0 aromatic carbocycles. The number of likely N-dealkylation sites (tertiary alicyclic amines) is 2. The quantitative estimate of drug-likeness (QED) is 0.452. The van der Waals surface area contributed by atoms with Crippen LogP contribution >= 0.6 is 0 Å². The van der Waals surface area contributed by atoms with Crippen LogP contribution in [0, 0.1) is 17.8 Å². The van der Waals surface area contributed by atoms with E-state index in [0.29, 0.717) is 18.6 Å². The number of carbonyl (C=O) groups excluding carboxylic acids is 1. The molecule has 2 aliphatic heterocycles. The highest BCUT2D eigenvalue weighted by Gasteiger charge is 2.25. The van der Waals surface area contributed by atoms with Crippen molar-refractivity contribution in [2.75, 3.05) is 52.6 Å². The van der Waals surface area contributed by atoms with Crippen molar-refractivity contribution in [3.8, 4) is 0 Å². The first kappa shape index (κ1) is 24.6. The van der Waals surface area contributed by atoms with Crippen molar-refractivity contribution in [3.63, 3.8) is 0 Å². The number of carbonyl (C=O) groups is 1. The summed E-state index contributed by atoms with van der Waals surface area (Å²) in [6.45, 7) is 15.9. The lowest BCUT2D eigenvalue weighted by Crippen LogP contribution is -2.41. The van der Waals surface area contributed by atoms with Crippen LogP contribution < -0.4 is 0 Å². The zero-order valence-electron chi connectivity index (χ0n) is 19.5. The van der Waals surface area contributed by atoms with Crippen molar-refractivity contribution in [1.82, 2.24) is 9.80 Å². The second kappa shape index (κ2) is 13.6. The normalized spacial score (nSPS) is 22.0. The third-order valence-electron chi connectivity index (χ3n) is 7.36. The smallest absolute Gasteiger partial charge is 0.248 e. The number of hydrogen-bond acceptors (Lipinski definition) is 4. The third kappa shape index (κ3) is 8.55. The Bertz CT molecular complexity index is 443. The van der Waals surface area contributed by atoms with Gasteiger partial charge < -0.3 is 19.3 Å². The van der Waals surface area contributed by atoms with Crippen molar-refractivity contribution >= 4 is 5.91 Å². The van der Waals surface area contributed by atoms with Crippen LogP contribution in [0.5, 0.6) is 0 Å². The SMILES string of the molecule is CCC(C)C1CCN(C(=O)COCCCOCC2CCN(C(C)CC)CC2)CC1. The van der Waals surface area contributed by atoms with Crippen molar-refractivity contribution in [3.05, 3.63) is 0 Å². The van der Waals surface area contributed by atoms with E-state index in [0.717, 1.165) is 57.4 Å². The van der Waals surface area contributed by atoms with Gasteiger partial charge in [-0.25, -0.2) is 0 Å². The molecule has 2 fully saturated rings. The molecule has 0 N–H and O–H groups in total. The molecule has 0 spiro atoms. The number of rotatable bonds is 12. The fourth-order valence-corrected chi connectivity index (χ4v) is 4.63. The summed E-state index contributed by atoms with van der Waals surface area (Å²) in [4.78, 5) is 16.9. The van der Waals surface area contributed by atoms with E-state index >= 15 is 0 Å². The molecular weight excluding hydrogens is 364 g/mol. The minimum atomic E-state index is 0.154. The summed E-state index contributed by atoms with van der Waals surface area (Å²) in [5, 5.41) is 0. The first-order valence-corrected chi connectivity index (χ1v) is 12.2. The molecule has 2 saturated heterocycles. The van der Waals surface area contributed by atoms with E-state index in [1.54, 1.807) is 0 Å². The van der Waals surface area contributed by atoms with Crippen LogP contribution in [0.1, 0.15) is 72.6 Å². The summed E-state index contributed by atoms with van der Waals surface area (Å²) < 4.78 is 11.5. The monoisotopic (exact) mass is 410 g/mol. The molecule has 0 aromatic rings. The van der Waals surface area contributed by atoms with E-state index in [2.05, 4.69) is 32.6 Å². The molecule has 0 radical (unpaired) electrons. The summed E-state index contributed by atoms with van der Waals surface area (Å²) >= 11 is 0. The van der Waals surface area contributed by atoms with Crippen molar-refractivity contribution in [2.24, 2.45) is 17.8 Å². The van der Waals surface area contributed by atoms with Gasteiger partial charge in [-0.15, -0.1) is 0 Å². The van der Waals surface area contributed by atoms with Gasteiger partial charge >= 0.3 is 0 Å². The lowest BCUT2D eigenvalue weighted by Gasteiger charge is -2.35. The van der Waals surface area contributed by atoms with Crippen LogP contribution in [0.2, 0.25) is 0 Å². The van der Waals surface area contributed by atoms with Gasteiger partial charge in [0.2, 0.25) is 5.91 Å². The second-order valence-electron chi connectivity index (χ2n) is 9.32. The Morgan fingerprint density at radius 3 is 2.21 bits per heavy atom. The molecule has 2 rings (SSSR count). The Balaban J connectivity index is 1.44. The van der Waals surface area contributed by atoms with Gasteiger partial charge in [0.15, 0.2) is 0 Å². The van der Waals surface area contributed by atoms with Crippen LogP contribution in [0.3, 0.4) is 0 Å². The Morgan fingerprint density at radius 2 is 1.59 bits per heavy atom. The Kier molecular flexibility index (Phi) is 11.6. The van der Waals surface area contributed by atoms with Gasteiger partial charge in [0.1, 0.15) is 6.61 Å². The Hall–Kier alpha value is -0.650. The first-order chi connectivity index (χ1) is 14.0. The van der Waals surface area contributed by atoms with Crippen molar-refractivity contribution < 1.29 is 14.3 Å². The topological polar surface area (TPSA) is 42.0 Å². The van der Waals surface area contributed by atoms with Gasteiger partial charge in [0.05, 0.1) is 0 Å². The van der Waals surface area contributed by atoms with E-state index in [1.165, 1.54) is 38.8 Å². The van der Waals surface area contributed by atoms with Gasteiger partial charge in [-0.3, -0.25) is 4.79 Å². The highest BCUT2D eigenvalue weighted by Crippen LogP contribution is 2.26. The molecule has 0 bridgehead atoms. The summed E-state index contributed by atoms with van der Waals surface area (Å²) in [6.07, 6.45) is 8.14. The number of amides is 1. The first-order valence-electron chi connectivity index (χ1n) is 12.2. The molecule has 2 atom stereocenters. The fourth-order valence-electron chi connectivity index (χ4n) is 4.63. The zero-order valence-corrected chi connectivity index (χ0v) is 19.5. The van der Waals surface area contributed by atoms with E-state index in [9.17, 15) is 4.79 Å². The van der Waals surface area contributed by atoms with Gasteiger partial charge in [-0.1, -0.05) is 27.2 Å². The van der Waals surface area contributed by atoms with Gasteiger partial charge in [0.25, 0.3) is 0 Å². The minimum Gasteiger partial charge on any atom is -0.381 e. The van der Waals surface area contributed by atoms with Crippen LogP contribution in [0.25, 0.3) is 0 Å². The predicted molar refractivity (Wildman–Crippen MR) is 119 cm³/mol. The second-order valence-corrected chi connectivity index (χ2v) is 9.32. The zero-order chi connectivity index (χ0) is 21.1. The lowest BCUT2D eigenvalue weighted by atomic mass is 9.84. The van der Waals surface area contributed by atoms with Crippen LogP contribution in [0.4, 0.5) is 0 Å².